The molecule has 6 nitrogen and oxygen atoms in total. The van der Waals surface area contributed by atoms with Crippen LogP contribution in [0.15, 0.2) is 72.8 Å². The molecule has 3 aromatic carbocycles. The molecule has 0 unspecified atom stereocenters. The number of rotatable bonds is 7. The van der Waals surface area contributed by atoms with Crippen LogP contribution in [0.3, 0.4) is 0 Å². The highest BCUT2D eigenvalue weighted by Gasteiger charge is 2.42. The molecule has 0 aliphatic heterocycles. The first-order valence-corrected chi connectivity index (χ1v) is 10.2. The molecule has 1 heterocycles. The summed E-state index contributed by atoms with van der Waals surface area (Å²) in [5.41, 5.74) is 0.212. The lowest BCUT2D eigenvalue weighted by atomic mass is 9.99. The van der Waals surface area contributed by atoms with Gasteiger partial charge in [0.15, 0.2) is 11.4 Å². The molecule has 0 aliphatic rings. The molecule has 0 saturated heterocycles. The predicted molar refractivity (Wildman–Crippen MR) is 119 cm³/mol. The van der Waals surface area contributed by atoms with E-state index in [9.17, 15) is 9.90 Å². The van der Waals surface area contributed by atoms with Crippen LogP contribution in [-0.2, 0) is 12.5 Å². The number of methoxy groups -OCH3 is 1. The SMILES string of the molecule is COc1ccc(Cn2nnc(C(F)(F)c3ccc(-c4ccc(Cl)cc4)cc3)c2C(=O)O)cc1. The quantitative estimate of drug-likeness (QED) is 0.387. The molecule has 4 rings (SSSR count). The Labute approximate surface area is 193 Å². The van der Waals surface area contributed by atoms with Crippen LogP contribution in [0, 0.1) is 0 Å². The van der Waals surface area contributed by atoms with Crippen molar-refractivity contribution in [2.24, 2.45) is 0 Å². The van der Waals surface area contributed by atoms with Crippen molar-refractivity contribution in [1.29, 1.82) is 0 Å². The Morgan fingerprint density at radius 2 is 1.58 bits per heavy atom. The van der Waals surface area contributed by atoms with E-state index in [1.54, 1.807) is 48.5 Å². The highest BCUT2D eigenvalue weighted by molar-refractivity contribution is 6.30. The van der Waals surface area contributed by atoms with E-state index in [1.165, 1.54) is 31.4 Å². The summed E-state index contributed by atoms with van der Waals surface area (Å²) in [6.07, 6.45) is 0. The van der Waals surface area contributed by atoms with Crippen LogP contribution in [0.2, 0.25) is 5.02 Å². The fourth-order valence-electron chi connectivity index (χ4n) is 3.40. The third-order valence-electron chi connectivity index (χ3n) is 5.15. The number of alkyl halides is 2. The van der Waals surface area contributed by atoms with Crippen LogP contribution < -0.4 is 4.74 Å². The fourth-order valence-corrected chi connectivity index (χ4v) is 3.53. The van der Waals surface area contributed by atoms with Crippen LogP contribution in [0.25, 0.3) is 11.1 Å². The van der Waals surface area contributed by atoms with Gasteiger partial charge in [-0.05, 0) is 41.0 Å². The number of carbonyl (C=O) groups is 1. The molecule has 1 aromatic heterocycles. The van der Waals surface area contributed by atoms with Gasteiger partial charge in [0.1, 0.15) is 5.75 Å². The maximum atomic E-state index is 15.3. The lowest BCUT2D eigenvalue weighted by Crippen LogP contribution is -2.21. The van der Waals surface area contributed by atoms with Crippen molar-refractivity contribution in [2.75, 3.05) is 7.11 Å². The summed E-state index contributed by atoms with van der Waals surface area (Å²) in [5, 5.41) is 17.5. The number of hydrogen-bond acceptors (Lipinski definition) is 4. The van der Waals surface area contributed by atoms with Gasteiger partial charge < -0.3 is 9.84 Å². The molecule has 4 aromatic rings. The maximum Gasteiger partial charge on any atom is 0.356 e. The number of halogens is 3. The molecule has 168 valence electrons. The van der Waals surface area contributed by atoms with E-state index in [1.807, 2.05) is 0 Å². The minimum atomic E-state index is -3.66. The van der Waals surface area contributed by atoms with Crippen molar-refractivity contribution < 1.29 is 23.4 Å². The highest BCUT2D eigenvalue weighted by atomic mass is 35.5. The van der Waals surface area contributed by atoms with Gasteiger partial charge in [0.2, 0.25) is 0 Å². The number of aromatic carboxylic acids is 1. The molecule has 9 heteroatoms. The van der Waals surface area contributed by atoms with E-state index in [0.29, 0.717) is 21.9 Å². The maximum absolute atomic E-state index is 15.3. The number of hydrogen-bond donors (Lipinski definition) is 1. The van der Waals surface area contributed by atoms with Gasteiger partial charge in [-0.15, -0.1) is 5.10 Å². The van der Waals surface area contributed by atoms with Crippen LogP contribution in [0.5, 0.6) is 5.75 Å². The number of benzene rings is 3. The topological polar surface area (TPSA) is 77.2 Å². The molecular formula is C24H18ClF2N3O3. The van der Waals surface area contributed by atoms with Gasteiger partial charge in [0.05, 0.1) is 13.7 Å². The number of carboxylic acids is 1. The van der Waals surface area contributed by atoms with Gasteiger partial charge in [-0.1, -0.05) is 65.3 Å². The first kappa shape index (κ1) is 22.4. The Hall–Kier alpha value is -3.78. The Bertz CT molecular complexity index is 1270. The van der Waals surface area contributed by atoms with Crippen LogP contribution in [0.1, 0.15) is 27.3 Å². The Morgan fingerprint density at radius 1 is 1.00 bits per heavy atom. The standard InChI is InChI=1S/C24H18ClF2N3O3/c1-33-20-12-2-15(3-13-20)14-30-21(23(31)32)22(28-29-30)24(26,27)18-8-4-16(5-9-18)17-6-10-19(25)11-7-17/h2-13H,14H2,1H3,(H,31,32). The third-order valence-corrected chi connectivity index (χ3v) is 5.40. The molecule has 0 radical (unpaired) electrons. The number of aromatic nitrogens is 3. The average molecular weight is 470 g/mol. The predicted octanol–water partition coefficient (Wildman–Crippen LogP) is 5.49. The van der Waals surface area contributed by atoms with E-state index >= 15 is 8.78 Å². The van der Waals surface area contributed by atoms with E-state index in [-0.39, 0.29) is 12.1 Å². The normalized spacial score (nSPS) is 11.4. The molecule has 0 aliphatic carbocycles. The molecule has 0 fully saturated rings. The van der Waals surface area contributed by atoms with E-state index in [4.69, 9.17) is 16.3 Å². The van der Waals surface area contributed by atoms with Gasteiger partial charge in [-0.3, -0.25) is 0 Å². The molecule has 0 atom stereocenters. The van der Waals surface area contributed by atoms with Crippen molar-refractivity contribution in [1.82, 2.24) is 15.0 Å². The summed E-state index contributed by atoms with van der Waals surface area (Å²) < 4.78 is 36.7. The molecule has 0 saturated carbocycles. The molecule has 0 amide bonds. The van der Waals surface area contributed by atoms with E-state index in [2.05, 4.69) is 10.3 Å². The largest absolute Gasteiger partial charge is 0.497 e. The lowest BCUT2D eigenvalue weighted by Gasteiger charge is -2.16. The zero-order chi connectivity index (χ0) is 23.6. The third kappa shape index (κ3) is 4.56. The van der Waals surface area contributed by atoms with Crippen molar-refractivity contribution in [3.05, 3.63) is 100 Å². The second-order valence-corrected chi connectivity index (χ2v) is 7.69. The van der Waals surface area contributed by atoms with Gasteiger partial charge >= 0.3 is 11.9 Å². The van der Waals surface area contributed by atoms with Crippen molar-refractivity contribution in [3.8, 4) is 16.9 Å². The molecular weight excluding hydrogens is 452 g/mol. The monoisotopic (exact) mass is 469 g/mol. The summed E-state index contributed by atoms with van der Waals surface area (Å²) in [7, 11) is 1.52. The first-order valence-electron chi connectivity index (χ1n) is 9.84. The first-order chi connectivity index (χ1) is 15.8. The van der Waals surface area contributed by atoms with Gasteiger partial charge in [0.25, 0.3) is 0 Å². The molecule has 1 N–H and O–H groups in total. The van der Waals surface area contributed by atoms with E-state index < -0.39 is 23.3 Å². The minimum Gasteiger partial charge on any atom is -0.497 e. The molecule has 33 heavy (non-hydrogen) atoms. The van der Waals surface area contributed by atoms with Crippen LogP contribution in [-0.4, -0.2) is 33.2 Å². The Morgan fingerprint density at radius 3 is 2.12 bits per heavy atom. The summed E-state index contributed by atoms with van der Waals surface area (Å²) in [6.45, 7) is -0.0375. The molecule has 0 spiro atoms. The van der Waals surface area contributed by atoms with Gasteiger partial charge in [-0.2, -0.15) is 8.78 Å². The van der Waals surface area contributed by atoms with Crippen molar-refractivity contribution in [3.63, 3.8) is 0 Å². The van der Waals surface area contributed by atoms with Crippen LogP contribution >= 0.6 is 11.6 Å². The van der Waals surface area contributed by atoms with Gasteiger partial charge in [0, 0.05) is 10.6 Å². The second kappa shape index (κ2) is 8.99. The summed E-state index contributed by atoms with van der Waals surface area (Å²) in [6, 6.07) is 19.3. The zero-order valence-electron chi connectivity index (χ0n) is 17.4. The smallest absolute Gasteiger partial charge is 0.356 e. The zero-order valence-corrected chi connectivity index (χ0v) is 18.1. The number of ether oxygens (including phenoxy) is 1. The summed E-state index contributed by atoms with van der Waals surface area (Å²) >= 11 is 5.89. The molecule has 0 bridgehead atoms. The lowest BCUT2D eigenvalue weighted by molar-refractivity contribution is 0.0344. The van der Waals surface area contributed by atoms with E-state index in [0.717, 1.165) is 10.2 Å². The Balaban J connectivity index is 1.65. The minimum absolute atomic E-state index is 0.0375. The van der Waals surface area contributed by atoms with Crippen LogP contribution in [0.4, 0.5) is 8.78 Å². The number of carboxylic acid groups (broad SMARTS) is 1. The van der Waals surface area contributed by atoms with Crippen molar-refractivity contribution in [2.45, 2.75) is 12.5 Å². The Kier molecular flexibility index (Phi) is 6.11. The average Bonchev–Trinajstić information content (AvgIpc) is 3.25. The fraction of sp³-hybridized carbons (Fsp3) is 0.125. The second-order valence-electron chi connectivity index (χ2n) is 7.26. The number of nitrogens with zero attached hydrogens (tertiary/aromatic N) is 3. The summed E-state index contributed by atoms with van der Waals surface area (Å²) in [5.74, 6) is -4.59. The van der Waals surface area contributed by atoms with Gasteiger partial charge in [-0.25, -0.2) is 9.48 Å². The summed E-state index contributed by atoms with van der Waals surface area (Å²) in [4.78, 5) is 11.9. The highest BCUT2D eigenvalue weighted by Crippen LogP contribution is 2.37. The van der Waals surface area contributed by atoms with Crippen molar-refractivity contribution >= 4 is 17.6 Å².